The van der Waals surface area contributed by atoms with Crippen molar-refractivity contribution in [2.45, 2.75) is 135 Å². The number of aromatic nitrogens is 4. The standard InChI is InChI=1S/C52H76N12O4/c1-4-44-37(2)54-51(56-41-35-53-59(3)36-41)58-49(44)55-40-9-13-43(14-10-40)62-29-31-64(32-30-62)48(67)34-52(20-5-6-21-52)33-47(66)63-23-18-38(19-24-63)17-22-60-25-27-61(28-26-60)42-11-7-39(8-12-42)45-15-16-46(65)57-50(45)68/h7-8,11-12,35-36,38,40,43,45H,4-6,9-10,13-34H2,1-3H3,(H,57,65,68)(H2,54,55,56,58). The van der Waals surface area contributed by atoms with E-state index >= 15 is 0 Å². The number of benzene rings is 1. The van der Waals surface area contributed by atoms with Crippen molar-refractivity contribution in [1.29, 1.82) is 0 Å². The molecule has 3 N–H and O–H groups in total. The highest BCUT2D eigenvalue weighted by atomic mass is 16.2. The van der Waals surface area contributed by atoms with Crippen molar-refractivity contribution < 1.29 is 19.2 Å². The van der Waals surface area contributed by atoms with Crippen molar-refractivity contribution >= 4 is 46.8 Å². The highest BCUT2D eigenvalue weighted by Crippen LogP contribution is 2.45. The van der Waals surface area contributed by atoms with Gasteiger partial charge in [0.2, 0.25) is 29.6 Å². The fourth-order valence-corrected chi connectivity index (χ4v) is 12.3. The fourth-order valence-electron chi connectivity index (χ4n) is 12.3. The monoisotopic (exact) mass is 933 g/mol. The summed E-state index contributed by atoms with van der Waals surface area (Å²) in [4.78, 5) is 73.3. The molecule has 4 aliphatic heterocycles. The second-order valence-corrected chi connectivity index (χ2v) is 21.0. The number of likely N-dealkylation sites (tertiary alicyclic amines) is 1. The summed E-state index contributed by atoms with van der Waals surface area (Å²) in [5.41, 5.74) is 4.99. The van der Waals surface area contributed by atoms with Crippen LogP contribution >= 0.6 is 0 Å². The van der Waals surface area contributed by atoms with Crippen molar-refractivity contribution in [1.82, 2.24) is 44.7 Å². The Balaban J connectivity index is 0.667. The van der Waals surface area contributed by atoms with Gasteiger partial charge in [-0.3, -0.25) is 39.0 Å². The predicted molar refractivity (Wildman–Crippen MR) is 265 cm³/mol. The average Bonchev–Trinajstić information content (AvgIpc) is 3.99. The molecule has 6 aliphatic rings. The van der Waals surface area contributed by atoms with Crippen molar-refractivity contribution in [2.24, 2.45) is 18.4 Å². The Morgan fingerprint density at radius 3 is 2.12 bits per heavy atom. The van der Waals surface area contributed by atoms with E-state index in [9.17, 15) is 19.2 Å². The first-order chi connectivity index (χ1) is 33.0. The molecular formula is C52H76N12O4. The largest absolute Gasteiger partial charge is 0.369 e. The number of nitrogens with zero attached hydrogens (tertiary/aromatic N) is 9. The van der Waals surface area contributed by atoms with Crippen LogP contribution in [-0.4, -0.2) is 147 Å². The molecule has 2 aliphatic carbocycles. The molecule has 9 rings (SSSR count). The third kappa shape index (κ3) is 11.7. The third-order valence-electron chi connectivity index (χ3n) is 16.6. The molecule has 0 radical (unpaired) electrons. The zero-order valence-corrected chi connectivity index (χ0v) is 41.0. The predicted octanol–water partition coefficient (Wildman–Crippen LogP) is 6.00. The van der Waals surface area contributed by atoms with Gasteiger partial charge in [-0.25, -0.2) is 4.98 Å². The summed E-state index contributed by atoms with van der Waals surface area (Å²) >= 11 is 0. The zero-order chi connectivity index (χ0) is 47.2. The summed E-state index contributed by atoms with van der Waals surface area (Å²) in [6, 6.07) is 9.23. The van der Waals surface area contributed by atoms with Crippen LogP contribution in [0.3, 0.4) is 0 Å². The number of anilines is 4. The second kappa shape index (κ2) is 21.7. The van der Waals surface area contributed by atoms with Gasteiger partial charge in [0.05, 0.1) is 17.8 Å². The van der Waals surface area contributed by atoms with Gasteiger partial charge in [0.1, 0.15) is 5.82 Å². The lowest BCUT2D eigenvalue weighted by Gasteiger charge is -2.43. The van der Waals surface area contributed by atoms with Gasteiger partial charge in [-0.15, -0.1) is 0 Å². The summed E-state index contributed by atoms with van der Waals surface area (Å²) in [6.07, 6.45) is 18.5. The van der Waals surface area contributed by atoms with E-state index < -0.39 is 0 Å². The van der Waals surface area contributed by atoms with E-state index in [1.165, 1.54) is 17.7 Å². The Labute approximate surface area is 403 Å². The smallest absolute Gasteiger partial charge is 0.234 e. The SMILES string of the molecule is CCc1c(C)nc(Nc2cnn(C)c2)nc1NC1CCC(N2CCN(C(=O)CC3(CC(=O)N4CCC(CCN5CCN(c6ccc(C7CCC(=O)NC7=O)cc6)CC5)CC4)CCCC3)CC2)CC1. The van der Waals surface area contributed by atoms with Crippen LogP contribution in [-0.2, 0) is 32.6 Å². The second-order valence-electron chi connectivity index (χ2n) is 21.0. The van der Waals surface area contributed by atoms with Crippen LogP contribution in [0.25, 0.3) is 0 Å². The lowest BCUT2D eigenvalue weighted by molar-refractivity contribution is -0.140. The van der Waals surface area contributed by atoms with E-state index in [1.807, 2.05) is 25.4 Å². The van der Waals surface area contributed by atoms with Crippen LogP contribution in [0.5, 0.6) is 0 Å². The number of carbonyl (C=O) groups is 4. The van der Waals surface area contributed by atoms with Gasteiger partial charge >= 0.3 is 0 Å². The Kier molecular flexibility index (Phi) is 15.3. The number of rotatable bonds is 15. The molecule has 1 unspecified atom stereocenters. The van der Waals surface area contributed by atoms with Crippen molar-refractivity contribution in [3.63, 3.8) is 0 Å². The summed E-state index contributed by atoms with van der Waals surface area (Å²) in [7, 11) is 1.90. The van der Waals surface area contributed by atoms with Crippen LogP contribution in [0.2, 0.25) is 0 Å². The number of piperazine rings is 2. The van der Waals surface area contributed by atoms with Crippen LogP contribution in [0.4, 0.5) is 23.1 Å². The van der Waals surface area contributed by atoms with Gasteiger partial charge in [-0.2, -0.15) is 10.1 Å². The minimum atomic E-state index is -0.248. The highest BCUT2D eigenvalue weighted by Gasteiger charge is 2.41. The molecule has 6 heterocycles. The quantitative estimate of drug-likeness (QED) is 0.153. The topological polar surface area (TPSA) is 164 Å². The van der Waals surface area contributed by atoms with Gasteiger partial charge in [-0.05, 0) is 113 Å². The lowest BCUT2D eigenvalue weighted by atomic mass is 9.78. The number of aryl methyl sites for hydroxylation is 2. The maximum atomic E-state index is 14.0. The molecule has 1 aromatic carbocycles. The minimum absolute atomic E-state index is 0.179. The Hall–Kier alpha value is -5.09. The number of imide groups is 1. The summed E-state index contributed by atoms with van der Waals surface area (Å²) in [5.74, 6) is 2.05. The maximum absolute atomic E-state index is 14.0. The maximum Gasteiger partial charge on any atom is 0.234 e. The summed E-state index contributed by atoms with van der Waals surface area (Å²) in [5, 5.41) is 13.8. The van der Waals surface area contributed by atoms with Crippen LogP contribution in [0.1, 0.15) is 126 Å². The molecule has 16 heteroatoms. The van der Waals surface area contributed by atoms with E-state index in [4.69, 9.17) is 9.97 Å². The van der Waals surface area contributed by atoms with E-state index in [-0.39, 0.29) is 35.0 Å². The summed E-state index contributed by atoms with van der Waals surface area (Å²) < 4.78 is 1.76. The number of hydrogen-bond donors (Lipinski definition) is 3. The fraction of sp³-hybridized carbons (Fsp3) is 0.673. The van der Waals surface area contributed by atoms with Gasteiger partial charge in [-0.1, -0.05) is 31.9 Å². The van der Waals surface area contributed by atoms with Gasteiger partial charge < -0.3 is 25.3 Å². The Bertz CT molecular complexity index is 2210. The van der Waals surface area contributed by atoms with E-state index in [2.05, 4.69) is 71.5 Å². The molecule has 0 spiro atoms. The minimum Gasteiger partial charge on any atom is -0.369 e. The number of hydrogen-bond acceptors (Lipinski definition) is 12. The number of carbonyl (C=O) groups excluding carboxylic acids is 4. The molecule has 16 nitrogen and oxygen atoms in total. The zero-order valence-electron chi connectivity index (χ0n) is 41.0. The van der Waals surface area contributed by atoms with Crippen molar-refractivity contribution in [3.8, 4) is 0 Å². The molecular weight excluding hydrogens is 857 g/mol. The first kappa shape index (κ1) is 48.0. The van der Waals surface area contributed by atoms with Gasteiger partial charge in [0.15, 0.2) is 0 Å². The van der Waals surface area contributed by atoms with Gasteiger partial charge in [0, 0.05) is 127 Å². The molecule has 4 amide bonds. The van der Waals surface area contributed by atoms with Crippen molar-refractivity contribution in [3.05, 3.63) is 53.5 Å². The average molecular weight is 933 g/mol. The number of piperidine rings is 2. The Morgan fingerprint density at radius 1 is 0.809 bits per heavy atom. The molecule has 368 valence electrons. The molecule has 6 fully saturated rings. The molecule has 3 aromatic rings. The Morgan fingerprint density at radius 2 is 1.49 bits per heavy atom. The molecule has 2 saturated carbocycles. The van der Waals surface area contributed by atoms with E-state index in [0.717, 1.165) is 165 Å². The van der Waals surface area contributed by atoms with Crippen molar-refractivity contribution in [2.75, 3.05) is 87.5 Å². The number of amides is 4. The molecule has 1 atom stereocenters. The van der Waals surface area contributed by atoms with E-state index in [1.54, 1.807) is 10.9 Å². The van der Waals surface area contributed by atoms with Crippen LogP contribution < -0.4 is 20.9 Å². The first-order valence-electron chi connectivity index (χ1n) is 26.1. The van der Waals surface area contributed by atoms with Crippen LogP contribution in [0.15, 0.2) is 36.7 Å². The summed E-state index contributed by atoms with van der Waals surface area (Å²) in [6.45, 7) is 14.4. The number of nitrogens with one attached hydrogen (secondary N) is 3. The first-order valence-corrected chi connectivity index (χ1v) is 26.1. The highest BCUT2D eigenvalue weighted by molar-refractivity contribution is 6.01. The molecule has 4 saturated heterocycles. The van der Waals surface area contributed by atoms with Gasteiger partial charge in [0.25, 0.3) is 0 Å². The lowest BCUT2D eigenvalue weighted by Crippen LogP contribution is -2.53. The third-order valence-corrected chi connectivity index (χ3v) is 16.6. The molecule has 2 aromatic heterocycles. The molecule has 68 heavy (non-hydrogen) atoms. The van der Waals surface area contributed by atoms with Crippen LogP contribution in [0, 0.1) is 18.3 Å². The van der Waals surface area contributed by atoms with E-state index in [0.29, 0.717) is 49.6 Å². The normalized spacial score (nSPS) is 24.3. The molecule has 0 bridgehead atoms.